The molecule has 1 aromatic carbocycles. The lowest BCUT2D eigenvalue weighted by Crippen LogP contribution is -2.34. The van der Waals surface area contributed by atoms with E-state index in [1.165, 1.54) is 0 Å². The normalized spacial score (nSPS) is 20.1. The topological polar surface area (TPSA) is 67.6 Å². The molecule has 0 spiro atoms. The minimum Gasteiger partial charge on any atom is -0.479 e. The van der Waals surface area contributed by atoms with Crippen molar-refractivity contribution in [2.24, 2.45) is 5.73 Å². The lowest BCUT2D eigenvalue weighted by atomic mass is 10.0. The van der Waals surface area contributed by atoms with Crippen molar-refractivity contribution >= 4 is 11.6 Å². The highest BCUT2D eigenvalue weighted by atomic mass is 16.5. The second-order valence-corrected chi connectivity index (χ2v) is 4.72. The first kappa shape index (κ1) is 12.9. The van der Waals surface area contributed by atoms with Gasteiger partial charge in [-0.15, -0.1) is 0 Å². The highest BCUT2D eigenvalue weighted by molar-refractivity contribution is 5.97. The van der Waals surface area contributed by atoms with Gasteiger partial charge in [-0.3, -0.25) is 4.79 Å². The Morgan fingerprint density at radius 1 is 1.50 bits per heavy atom. The molecule has 1 aliphatic heterocycles. The Balaban J connectivity index is 2.32. The zero-order valence-corrected chi connectivity index (χ0v) is 10.9. The van der Waals surface area contributed by atoms with E-state index >= 15 is 0 Å². The van der Waals surface area contributed by atoms with Gasteiger partial charge in [0.2, 0.25) is 0 Å². The predicted molar refractivity (Wildman–Crippen MR) is 70.6 cm³/mol. The van der Waals surface area contributed by atoms with Crippen molar-refractivity contribution in [3.05, 3.63) is 23.8 Å². The van der Waals surface area contributed by atoms with Crippen molar-refractivity contribution in [1.29, 1.82) is 0 Å². The number of fused-ring (bicyclic) bond motifs is 1. The van der Waals surface area contributed by atoms with Crippen LogP contribution in [0.2, 0.25) is 0 Å². The van der Waals surface area contributed by atoms with Gasteiger partial charge in [-0.1, -0.05) is 6.07 Å². The fourth-order valence-electron chi connectivity index (χ4n) is 2.08. The summed E-state index contributed by atoms with van der Waals surface area (Å²) in [5, 5.41) is 2.84. The van der Waals surface area contributed by atoms with Crippen LogP contribution in [0, 0.1) is 0 Å². The number of likely N-dealkylation sites (N-methyl/N-ethyl adjacent to an activating group) is 1. The number of hydrogen-bond donors (Lipinski definition) is 2. The predicted octanol–water partition coefficient (Wildman–Crippen LogP) is 0.967. The van der Waals surface area contributed by atoms with Crippen LogP contribution in [0.15, 0.2) is 18.2 Å². The Labute approximate surface area is 107 Å². The summed E-state index contributed by atoms with van der Waals surface area (Å²) in [4.78, 5) is 13.6. The van der Waals surface area contributed by atoms with E-state index in [-0.39, 0.29) is 11.9 Å². The number of rotatable bonds is 3. The summed E-state index contributed by atoms with van der Waals surface area (Å²) in [7, 11) is 3.96. The Kier molecular flexibility index (Phi) is 3.54. The second-order valence-electron chi connectivity index (χ2n) is 4.72. The summed E-state index contributed by atoms with van der Waals surface area (Å²) in [5.41, 5.74) is 7.56. The van der Waals surface area contributed by atoms with Crippen molar-refractivity contribution in [2.75, 3.05) is 26.0 Å². The van der Waals surface area contributed by atoms with Gasteiger partial charge in [0.25, 0.3) is 5.91 Å². The summed E-state index contributed by atoms with van der Waals surface area (Å²) in [6.45, 7) is 2.26. The van der Waals surface area contributed by atoms with Crippen LogP contribution >= 0.6 is 0 Å². The number of amides is 1. The smallest absolute Gasteiger partial charge is 0.265 e. The SMILES string of the molecule is CC1Oc2ccc(C(CN)N(C)C)cc2NC1=O. The van der Waals surface area contributed by atoms with Gasteiger partial charge < -0.3 is 20.7 Å². The standard InChI is InChI=1S/C13H19N3O2/c1-8-13(17)15-10-6-9(4-5-12(10)18-8)11(7-14)16(2)3/h4-6,8,11H,7,14H2,1-3H3,(H,15,17). The Morgan fingerprint density at radius 3 is 2.83 bits per heavy atom. The maximum absolute atomic E-state index is 11.6. The number of ether oxygens (including phenoxy) is 1. The molecule has 2 unspecified atom stereocenters. The van der Waals surface area contributed by atoms with Crippen LogP contribution in [-0.4, -0.2) is 37.6 Å². The first-order chi connectivity index (χ1) is 8.52. The van der Waals surface area contributed by atoms with Crippen molar-refractivity contribution in [3.63, 3.8) is 0 Å². The molecule has 1 heterocycles. The van der Waals surface area contributed by atoms with Crippen LogP contribution < -0.4 is 15.8 Å². The van der Waals surface area contributed by atoms with Crippen molar-refractivity contribution < 1.29 is 9.53 Å². The highest BCUT2D eigenvalue weighted by Crippen LogP contribution is 2.32. The van der Waals surface area contributed by atoms with E-state index in [0.29, 0.717) is 12.3 Å². The van der Waals surface area contributed by atoms with Crippen LogP contribution in [0.25, 0.3) is 0 Å². The summed E-state index contributed by atoms with van der Waals surface area (Å²) in [6, 6.07) is 5.93. The number of anilines is 1. The number of benzene rings is 1. The van der Waals surface area contributed by atoms with Crippen LogP contribution in [0.5, 0.6) is 5.75 Å². The molecular formula is C13H19N3O2. The Morgan fingerprint density at radius 2 is 2.22 bits per heavy atom. The first-order valence-corrected chi connectivity index (χ1v) is 6.01. The molecule has 2 atom stereocenters. The Bertz CT molecular complexity index is 460. The van der Waals surface area contributed by atoms with Gasteiger partial charge in [0.15, 0.2) is 6.10 Å². The molecule has 0 fully saturated rings. The maximum atomic E-state index is 11.6. The third-order valence-corrected chi connectivity index (χ3v) is 3.17. The first-order valence-electron chi connectivity index (χ1n) is 6.01. The summed E-state index contributed by atoms with van der Waals surface area (Å²) >= 11 is 0. The van der Waals surface area contributed by atoms with Crippen molar-refractivity contribution in [1.82, 2.24) is 4.90 Å². The lowest BCUT2D eigenvalue weighted by Gasteiger charge is -2.27. The highest BCUT2D eigenvalue weighted by Gasteiger charge is 2.24. The fraction of sp³-hybridized carbons (Fsp3) is 0.462. The quantitative estimate of drug-likeness (QED) is 0.837. The molecule has 2 rings (SSSR count). The lowest BCUT2D eigenvalue weighted by molar-refractivity contribution is -0.122. The molecule has 0 bridgehead atoms. The van der Waals surface area contributed by atoms with Crippen LogP contribution in [0.4, 0.5) is 5.69 Å². The van der Waals surface area contributed by atoms with E-state index in [1.54, 1.807) is 6.92 Å². The number of carbonyl (C=O) groups is 1. The zero-order chi connectivity index (χ0) is 13.3. The average molecular weight is 249 g/mol. The van der Waals surface area contributed by atoms with Crippen LogP contribution in [0.3, 0.4) is 0 Å². The molecular weight excluding hydrogens is 230 g/mol. The number of nitrogens with one attached hydrogen (secondary N) is 1. The molecule has 0 aromatic heterocycles. The fourth-order valence-corrected chi connectivity index (χ4v) is 2.08. The monoisotopic (exact) mass is 249 g/mol. The summed E-state index contributed by atoms with van der Waals surface area (Å²) in [5.74, 6) is 0.592. The van der Waals surface area contributed by atoms with Gasteiger partial charge in [0, 0.05) is 12.6 Å². The summed E-state index contributed by atoms with van der Waals surface area (Å²) in [6.07, 6.45) is -0.442. The molecule has 1 aliphatic rings. The molecule has 0 saturated carbocycles. The zero-order valence-electron chi connectivity index (χ0n) is 10.9. The molecule has 1 aromatic rings. The third-order valence-electron chi connectivity index (χ3n) is 3.17. The molecule has 0 radical (unpaired) electrons. The van der Waals surface area contributed by atoms with E-state index in [4.69, 9.17) is 10.5 Å². The van der Waals surface area contributed by atoms with E-state index in [2.05, 4.69) is 10.2 Å². The molecule has 5 nitrogen and oxygen atoms in total. The number of nitrogens with two attached hydrogens (primary N) is 1. The molecule has 3 N–H and O–H groups in total. The number of carbonyl (C=O) groups excluding carboxylic acids is 1. The minimum atomic E-state index is -0.442. The molecule has 0 aliphatic carbocycles. The Hall–Kier alpha value is -1.59. The van der Waals surface area contributed by atoms with Gasteiger partial charge in [-0.2, -0.15) is 0 Å². The van der Waals surface area contributed by atoms with E-state index in [1.807, 2.05) is 32.3 Å². The van der Waals surface area contributed by atoms with Crippen LogP contribution in [-0.2, 0) is 4.79 Å². The number of hydrogen-bond acceptors (Lipinski definition) is 4. The van der Waals surface area contributed by atoms with E-state index in [0.717, 1.165) is 11.3 Å². The largest absolute Gasteiger partial charge is 0.479 e. The van der Waals surface area contributed by atoms with Crippen LogP contribution in [0.1, 0.15) is 18.5 Å². The van der Waals surface area contributed by atoms with Crippen molar-refractivity contribution in [3.8, 4) is 5.75 Å². The second kappa shape index (κ2) is 4.96. The van der Waals surface area contributed by atoms with Gasteiger partial charge in [-0.25, -0.2) is 0 Å². The number of nitrogens with zero attached hydrogens (tertiary/aromatic N) is 1. The van der Waals surface area contributed by atoms with E-state index < -0.39 is 6.10 Å². The summed E-state index contributed by atoms with van der Waals surface area (Å²) < 4.78 is 5.52. The van der Waals surface area contributed by atoms with Gasteiger partial charge >= 0.3 is 0 Å². The molecule has 18 heavy (non-hydrogen) atoms. The van der Waals surface area contributed by atoms with Gasteiger partial charge in [0.1, 0.15) is 5.75 Å². The van der Waals surface area contributed by atoms with Gasteiger partial charge in [0.05, 0.1) is 5.69 Å². The average Bonchev–Trinajstić information content (AvgIpc) is 2.31. The molecule has 0 saturated heterocycles. The molecule has 98 valence electrons. The minimum absolute atomic E-state index is 0.117. The van der Waals surface area contributed by atoms with Crippen molar-refractivity contribution in [2.45, 2.75) is 19.1 Å². The van der Waals surface area contributed by atoms with Gasteiger partial charge in [-0.05, 0) is 38.7 Å². The van der Waals surface area contributed by atoms with E-state index in [9.17, 15) is 4.79 Å². The maximum Gasteiger partial charge on any atom is 0.265 e. The molecule has 5 heteroatoms. The third kappa shape index (κ3) is 2.32. The molecule has 1 amide bonds.